The molecule has 0 aromatic carbocycles. The van der Waals surface area contributed by atoms with Gasteiger partial charge in [-0.1, -0.05) is 13.3 Å². The Morgan fingerprint density at radius 3 is 2.70 bits per heavy atom. The summed E-state index contributed by atoms with van der Waals surface area (Å²) in [5.41, 5.74) is 0. The predicted octanol–water partition coefficient (Wildman–Crippen LogP) is 0.397. The van der Waals surface area contributed by atoms with Gasteiger partial charge < -0.3 is 10.2 Å². The number of nitriles is 1. The zero-order valence-electron chi connectivity index (χ0n) is 14.4. The van der Waals surface area contributed by atoms with Gasteiger partial charge >= 0.3 is 0 Å². The number of amides is 1. The molecule has 1 aliphatic rings. The summed E-state index contributed by atoms with van der Waals surface area (Å²) in [5, 5.41) is 11.9. The van der Waals surface area contributed by atoms with Gasteiger partial charge in [-0.05, 0) is 19.3 Å². The van der Waals surface area contributed by atoms with Gasteiger partial charge in [-0.2, -0.15) is 5.26 Å². The third-order valence-corrected chi connectivity index (χ3v) is 5.73. The zero-order valence-corrected chi connectivity index (χ0v) is 15.3. The average molecular weight is 344 g/mol. The van der Waals surface area contributed by atoms with E-state index in [1.165, 1.54) is 10.6 Å². The van der Waals surface area contributed by atoms with Crippen molar-refractivity contribution in [3.63, 3.8) is 0 Å². The van der Waals surface area contributed by atoms with E-state index in [-0.39, 0.29) is 23.9 Å². The number of carbonyl (C=O) groups excluding carboxylic acids is 1. The maximum Gasteiger partial charge on any atom is 0.239 e. The second-order valence-electron chi connectivity index (χ2n) is 6.24. The van der Waals surface area contributed by atoms with Gasteiger partial charge in [0.2, 0.25) is 15.9 Å². The monoisotopic (exact) mass is 344 g/mol. The summed E-state index contributed by atoms with van der Waals surface area (Å²) in [6.07, 6.45) is 3.11. The molecule has 1 saturated heterocycles. The molecule has 0 radical (unpaired) electrons. The Morgan fingerprint density at radius 1 is 1.52 bits per heavy atom. The molecule has 132 valence electrons. The molecule has 0 aromatic rings. The van der Waals surface area contributed by atoms with Crippen LogP contribution in [0.5, 0.6) is 0 Å². The molecule has 3 atom stereocenters. The van der Waals surface area contributed by atoms with E-state index < -0.39 is 10.0 Å². The lowest BCUT2D eigenvalue weighted by Gasteiger charge is -2.39. The van der Waals surface area contributed by atoms with Crippen LogP contribution in [0.4, 0.5) is 0 Å². The van der Waals surface area contributed by atoms with E-state index in [0.29, 0.717) is 32.5 Å². The molecule has 0 saturated carbocycles. The lowest BCUT2D eigenvalue weighted by Crippen LogP contribution is -2.55. The maximum absolute atomic E-state index is 12.3. The fourth-order valence-corrected chi connectivity index (χ4v) is 3.88. The average Bonchev–Trinajstić information content (AvgIpc) is 2.50. The second kappa shape index (κ2) is 8.62. The number of hydrogen-bond donors (Lipinski definition) is 1. The minimum absolute atomic E-state index is 0.0411. The van der Waals surface area contributed by atoms with E-state index >= 15 is 0 Å². The molecule has 1 fully saturated rings. The van der Waals surface area contributed by atoms with E-state index in [1.807, 2.05) is 19.9 Å². The number of hydrogen-bond acceptors (Lipinski definition) is 5. The normalized spacial score (nSPS) is 24.0. The minimum atomic E-state index is -3.16. The van der Waals surface area contributed by atoms with Gasteiger partial charge in [0.05, 0.1) is 24.8 Å². The van der Waals surface area contributed by atoms with Crippen LogP contribution in [-0.4, -0.2) is 68.6 Å². The van der Waals surface area contributed by atoms with Crippen molar-refractivity contribution in [2.24, 2.45) is 5.92 Å². The highest BCUT2D eigenvalue weighted by Crippen LogP contribution is 2.22. The molecular weight excluding hydrogens is 316 g/mol. The van der Waals surface area contributed by atoms with Crippen molar-refractivity contribution in [1.29, 1.82) is 5.26 Å². The molecule has 0 aromatic heterocycles. The van der Waals surface area contributed by atoms with Crippen molar-refractivity contribution in [1.82, 2.24) is 14.5 Å². The molecule has 0 spiro atoms. The largest absolute Gasteiger partial charge is 0.343 e. The summed E-state index contributed by atoms with van der Waals surface area (Å²) in [7, 11) is -1.47. The third kappa shape index (κ3) is 5.75. The van der Waals surface area contributed by atoms with Crippen LogP contribution in [0.2, 0.25) is 0 Å². The highest BCUT2D eigenvalue weighted by Gasteiger charge is 2.33. The van der Waals surface area contributed by atoms with Gasteiger partial charge in [0.1, 0.15) is 0 Å². The highest BCUT2D eigenvalue weighted by atomic mass is 32.2. The Hall–Kier alpha value is -1.17. The minimum Gasteiger partial charge on any atom is -0.343 e. The van der Waals surface area contributed by atoms with Gasteiger partial charge in [-0.3, -0.25) is 4.79 Å². The predicted molar refractivity (Wildman–Crippen MR) is 89.1 cm³/mol. The molecule has 0 unspecified atom stereocenters. The Bertz CT molecular complexity index is 543. The van der Waals surface area contributed by atoms with Crippen molar-refractivity contribution < 1.29 is 13.2 Å². The molecular formula is C15H28N4O3S. The van der Waals surface area contributed by atoms with Crippen molar-refractivity contribution >= 4 is 15.9 Å². The smallest absolute Gasteiger partial charge is 0.239 e. The molecule has 1 rings (SSSR count). The van der Waals surface area contributed by atoms with E-state index in [9.17, 15) is 13.2 Å². The van der Waals surface area contributed by atoms with Gasteiger partial charge in [-0.15, -0.1) is 0 Å². The van der Waals surface area contributed by atoms with Crippen LogP contribution in [-0.2, 0) is 14.8 Å². The standard InChI is InChI=1S/C15H28N4O3S/c1-5-13-11-19(23(4,21)22)10-7-14(13)17-12(2)15(20)18(3)9-6-8-16/h12-14,17H,5-7,9-11H2,1-4H3/t12-,13-,14-/m1/s1. The molecule has 1 amide bonds. The number of nitrogens with one attached hydrogen (secondary N) is 1. The summed E-state index contributed by atoms with van der Waals surface area (Å²) in [4.78, 5) is 13.9. The maximum atomic E-state index is 12.3. The first kappa shape index (κ1) is 19.9. The molecule has 1 aliphatic heterocycles. The fourth-order valence-electron chi connectivity index (χ4n) is 2.98. The number of likely N-dealkylation sites (N-methyl/N-ethyl adjacent to an activating group) is 1. The number of nitrogens with zero attached hydrogens (tertiary/aromatic N) is 3. The van der Waals surface area contributed by atoms with Crippen LogP contribution in [0.1, 0.15) is 33.1 Å². The zero-order chi connectivity index (χ0) is 17.6. The first-order valence-corrected chi connectivity index (χ1v) is 9.88. The van der Waals surface area contributed by atoms with Crippen LogP contribution in [0.3, 0.4) is 0 Å². The third-order valence-electron chi connectivity index (χ3n) is 4.46. The highest BCUT2D eigenvalue weighted by molar-refractivity contribution is 7.88. The molecule has 0 aliphatic carbocycles. The summed E-state index contributed by atoms with van der Waals surface area (Å²) in [6.45, 7) is 5.26. The molecule has 7 nitrogen and oxygen atoms in total. The lowest BCUT2D eigenvalue weighted by molar-refractivity contribution is -0.132. The topological polar surface area (TPSA) is 93.5 Å². The number of sulfonamides is 1. The summed E-state index contributed by atoms with van der Waals surface area (Å²) in [5.74, 6) is 0.152. The van der Waals surface area contributed by atoms with Crippen molar-refractivity contribution in [2.45, 2.75) is 45.2 Å². The first-order valence-electron chi connectivity index (χ1n) is 8.03. The molecule has 0 bridgehead atoms. The summed E-state index contributed by atoms with van der Waals surface area (Å²) in [6, 6.07) is 1.81. The quantitative estimate of drug-likeness (QED) is 0.721. The Morgan fingerprint density at radius 2 is 2.17 bits per heavy atom. The number of rotatable bonds is 7. The lowest BCUT2D eigenvalue weighted by atomic mass is 9.90. The van der Waals surface area contributed by atoms with Gasteiger partial charge in [0, 0.05) is 32.7 Å². The Balaban J connectivity index is 2.62. The molecule has 8 heteroatoms. The molecule has 1 N–H and O–H groups in total. The van der Waals surface area contributed by atoms with Gasteiger partial charge in [0.25, 0.3) is 0 Å². The van der Waals surface area contributed by atoms with E-state index in [0.717, 1.165) is 6.42 Å². The summed E-state index contributed by atoms with van der Waals surface area (Å²) < 4.78 is 24.9. The molecule has 1 heterocycles. The fraction of sp³-hybridized carbons (Fsp3) is 0.867. The van der Waals surface area contributed by atoms with Crippen molar-refractivity contribution in [3.8, 4) is 6.07 Å². The molecule has 23 heavy (non-hydrogen) atoms. The van der Waals surface area contributed by atoms with Crippen LogP contribution in [0, 0.1) is 17.2 Å². The van der Waals surface area contributed by atoms with E-state index in [1.54, 1.807) is 11.9 Å². The second-order valence-corrected chi connectivity index (χ2v) is 8.22. The Kier molecular flexibility index (Phi) is 7.45. The van der Waals surface area contributed by atoms with Gasteiger partial charge in [-0.25, -0.2) is 12.7 Å². The van der Waals surface area contributed by atoms with Crippen LogP contribution in [0.25, 0.3) is 0 Å². The number of carbonyl (C=O) groups is 1. The number of piperidine rings is 1. The summed E-state index contributed by atoms with van der Waals surface area (Å²) >= 11 is 0. The van der Waals surface area contributed by atoms with Crippen LogP contribution < -0.4 is 5.32 Å². The van der Waals surface area contributed by atoms with Crippen LogP contribution >= 0.6 is 0 Å². The SMILES string of the molecule is CC[C@@H]1CN(S(C)(=O)=O)CC[C@H]1N[C@H](C)C(=O)N(C)CCC#N. The van der Waals surface area contributed by atoms with Gasteiger partial charge in [0.15, 0.2) is 0 Å². The van der Waals surface area contributed by atoms with E-state index in [2.05, 4.69) is 5.32 Å². The Labute approximate surface area is 139 Å². The first-order chi connectivity index (χ1) is 10.7. The van der Waals surface area contributed by atoms with Crippen molar-refractivity contribution in [2.75, 3.05) is 32.9 Å². The van der Waals surface area contributed by atoms with Crippen molar-refractivity contribution in [3.05, 3.63) is 0 Å². The van der Waals surface area contributed by atoms with E-state index in [4.69, 9.17) is 5.26 Å². The van der Waals surface area contributed by atoms with Crippen LogP contribution in [0.15, 0.2) is 0 Å².